The molecule has 1 fully saturated rings. The molecular weight excluding hydrogens is 226 g/mol. The van der Waals surface area contributed by atoms with Crippen LogP contribution in [0.5, 0.6) is 5.75 Å². The number of hydrogen-bond donors (Lipinski definition) is 1. The number of benzene rings is 1. The summed E-state index contributed by atoms with van der Waals surface area (Å²) in [4.78, 5) is 0. The number of oxime groups is 1. The Morgan fingerprint density at radius 3 is 2.89 bits per heavy atom. The summed E-state index contributed by atoms with van der Waals surface area (Å²) < 4.78 is 5.30. The van der Waals surface area contributed by atoms with Crippen LogP contribution < -0.4 is 4.74 Å². The van der Waals surface area contributed by atoms with Crippen LogP contribution in [0.2, 0.25) is 0 Å². The highest BCUT2D eigenvalue weighted by Crippen LogP contribution is 2.41. The van der Waals surface area contributed by atoms with Gasteiger partial charge in [-0.15, -0.1) is 0 Å². The molecule has 0 radical (unpaired) electrons. The van der Waals surface area contributed by atoms with Crippen LogP contribution in [0.1, 0.15) is 44.6 Å². The first-order valence-electron chi connectivity index (χ1n) is 6.63. The molecule has 18 heavy (non-hydrogen) atoms. The van der Waals surface area contributed by atoms with Gasteiger partial charge >= 0.3 is 0 Å². The summed E-state index contributed by atoms with van der Waals surface area (Å²) in [5, 5.41) is 12.9. The molecule has 98 valence electrons. The van der Waals surface area contributed by atoms with Crippen LogP contribution in [0.3, 0.4) is 0 Å². The van der Waals surface area contributed by atoms with Crippen molar-refractivity contribution in [2.24, 2.45) is 5.16 Å². The number of methoxy groups -OCH3 is 1. The van der Waals surface area contributed by atoms with Crippen molar-refractivity contribution in [3.05, 3.63) is 29.8 Å². The van der Waals surface area contributed by atoms with Crippen molar-refractivity contribution in [3.8, 4) is 5.75 Å². The Morgan fingerprint density at radius 1 is 1.39 bits per heavy atom. The van der Waals surface area contributed by atoms with Crippen LogP contribution in [0.15, 0.2) is 29.4 Å². The molecule has 0 amide bonds. The van der Waals surface area contributed by atoms with E-state index in [-0.39, 0.29) is 5.41 Å². The van der Waals surface area contributed by atoms with Crippen LogP contribution in [0, 0.1) is 0 Å². The van der Waals surface area contributed by atoms with E-state index in [1.807, 2.05) is 12.1 Å². The van der Waals surface area contributed by atoms with E-state index in [4.69, 9.17) is 4.74 Å². The summed E-state index contributed by atoms with van der Waals surface area (Å²) in [5.41, 5.74) is 2.02. The van der Waals surface area contributed by atoms with E-state index in [1.165, 1.54) is 12.0 Å². The van der Waals surface area contributed by atoms with E-state index in [0.29, 0.717) is 0 Å². The molecule has 0 saturated heterocycles. The van der Waals surface area contributed by atoms with Gasteiger partial charge in [-0.3, -0.25) is 0 Å². The maximum Gasteiger partial charge on any atom is 0.119 e. The Morgan fingerprint density at radius 2 is 2.22 bits per heavy atom. The smallest absolute Gasteiger partial charge is 0.119 e. The zero-order chi connectivity index (χ0) is 13.0. The van der Waals surface area contributed by atoms with Crippen LogP contribution in [0.25, 0.3) is 0 Å². The average molecular weight is 247 g/mol. The molecule has 0 aliphatic heterocycles. The molecule has 1 aromatic carbocycles. The Labute approximate surface area is 108 Å². The zero-order valence-electron chi connectivity index (χ0n) is 11.1. The molecule has 3 heteroatoms. The number of ether oxygens (including phenoxy) is 1. The van der Waals surface area contributed by atoms with E-state index < -0.39 is 0 Å². The molecule has 0 bridgehead atoms. The van der Waals surface area contributed by atoms with Crippen LogP contribution >= 0.6 is 0 Å². The fourth-order valence-corrected chi connectivity index (χ4v) is 3.07. The first-order chi connectivity index (χ1) is 8.76. The van der Waals surface area contributed by atoms with E-state index in [9.17, 15) is 5.21 Å². The Kier molecular flexibility index (Phi) is 3.90. The lowest BCUT2D eigenvalue weighted by molar-refractivity contribution is 0.302. The minimum atomic E-state index is -0.110. The van der Waals surface area contributed by atoms with E-state index in [0.717, 1.165) is 37.1 Å². The highest BCUT2D eigenvalue weighted by Gasteiger charge is 2.38. The quantitative estimate of drug-likeness (QED) is 0.653. The maximum atomic E-state index is 9.30. The molecule has 1 aliphatic carbocycles. The van der Waals surface area contributed by atoms with E-state index in [1.54, 1.807) is 7.11 Å². The Hall–Kier alpha value is -1.51. The van der Waals surface area contributed by atoms with Gasteiger partial charge in [0.2, 0.25) is 0 Å². The van der Waals surface area contributed by atoms with Gasteiger partial charge in [0.05, 0.1) is 12.8 Å². The first-order valence-corrected chi connectivity index (χ1v) is 6.63. The minimum absolute atomic E-state index is 0.110. The van der Waals surface area contributed by atoms with Crippen molar-refractivity contribution in [1.82, 2.24) is 0 Å². The Bertz CT molecular complexity index is 442. The molecule has 1 unspecified atom stereocenters. The third-order valence-electron chi connectivity index (χ3n) is 4.17. The minimum Gasteiger partial charge on any atom is -0.497 e. The third kappa shape index (κ3) is 2.09. The van der Waals surface area contributed by atoms with Gasteiger partial charge in [0, 0.05) is 5.41 Å². The molecule has 1 aliphatic rings. The van der Waals surface area contributed by atoms with Gasteiger partial charge in [-0.25, -0.2) is 0 Å². The van der Waals surface area contributed by atoms with Gasteiger partial charge in [-0.2, -0.15) is 0 Å². The van der Waals surface area contributed by atoms with Crippen molar-refractivity contribution >= 4 is 5.71 Å². The number of nitrogens with zero attached hydrogens (tertiary/aromatic N) is 1. The second-order valence-corrected chi connectivity index (χ2v) is 4.92. The highest BCUT2D eigenvalue weighted by atomic mass is 16.5. The number of rotatable bonds is 3. The normalized spacial score (nSPS) is 26.2. The van der Waals surface area contributed by atoms with Crippen molar-refractivity contribution in [2.45, 2.75) is 44.4 Å². The van der Waals surface area contributed by atoms with Crippen molar-refractivity contribution < 1.29 is 9.94 Å². The molecule has 1 saturated carbocycles. The molecular formula is C15H21NO2. The summed E-state index contributed by atoms with van der Waals surface area (Å²) in [6.07, 6.45) is 5.20. The zero-order valence-corrected chi connectivity index (χ0v) is 11.1. The predicted octanol–water partition coefficient (Wildman–Crippen LogP) is 3.75. The maximum absolute atomic E-state index is 9.30. The van der Waals surface area contributed by atoms with Gasteiger partial charge in [-0.05, 0) is 43.4 Å². The predicted molar refractivity (Wildman–Crippen MR) is 72.7 cm³/mol. The summed E-state index contributed by atoms with van der Waals surface area (Å²) in [7, 11) is 1.68. The lowest BCUT2D eigenvalue weighted by Crippen LogP contribution is -2.38. The van der Waals surface area contributed by atoms with Crippen LogP contribution in [0.4, 0.5) is 0 Å². The average Bonchev–Trinajstić information content (AvgIpc) is 2.47. The van der Waals surface area contributed by atoms with Gasteiger partial charge < -0.3 is 9.94 Å². The van der Waals surface area contributed by atoms with E-state index in [2.05, 4.69) is 24.2 Å². The van der Waals surface area contributed by atoms with Gasteiger partial charge in [0.25, 0.3) is 0 Å². The second-order valence-electron chi connectivity index (χ2n) is 4.92. The second kappa shape index (κ2) is 5.42. The van der Waals surface area contributed by atoms with E-state index >= 15 is 0 Å². The van der Waals surface area contributed by atoms with Gasteiger partial charge in [0.15, 0.2) is 0 Å². The summed E-state index contributed by atoms with van der Waals surface area (Å²) in [6.45, 7) is 2.16. The molecule has 1 atom stereocenters. The SMILES string of the molecule is CCC1(c2cccc(OC)c2)CCCC/C1=N\O. The van der Waals surface area contributed by atoms with Crippen molar-refractivity contribution in [1.29, 1.82) is 0 Å². The molecule has 2 rings (SSSR count). The molecule has 1 N–H and O–H groups in total. The summed E-state index contributed by atoms with van der Waals surface area (Å²) in [6, 6.07) is 8.14. The molecule has 0 aromatic heterocycles. The largest absolute Gasteiger partial charge is 0.497 e. The van der Waals surface area contributed by atoms with Gasteiger partial charge in [-0.1, -0.05) is 30.6 Å². The highest BCUT2D eigenvalue weighted by molar-refractivity contribution is 5.95. The van der Waals surface area contributed by atoms with Crippen molar-refractivity contribution in [2.75, 3.05) is 7.11 Å². The fraction of sp³-hybridized carbons (Fsp3) is 0.533. The van der Waals surface area contributed by atoms with Crippen LogP contribution in [-0.4, -0.2) is 18.0 Å². The standard InChI is InChI=1S/C15H21NO2/c1-3-15(10-5-4-9-14(15)16-17)12-7-6-8-13(11-12)18-2/h6-8,11,17H,3-5,9-10H2,1-2H3/b16-14+. The monoisotopic (exact) mass is 247 g/mol. The lowest BCUT2D eigenvalue weighted by Gasteiger charge is -2.37. The molecule has 0 spiro atoms. The van der Waals surface area contributed by atoms with Crippen LogP contribution in [-0.2, 0) is 5.41 Å². The third-order valence-corrected chi connectivity index (χ3v) is 4.17. The van der Waals surface area contributed by atoms with Crippen molar-refractivity contribution in [3.63, 3.8) is 0 Å². The van der Waals surface area contributed by atoms with Gasteiger partial charge in [0.1, 0.15) is 5.75 Å². The fourth-order valence-electron chi connectivity index (χ4n) is 3.07. The Balaban J connectivity index is 2.47. The number of hydrogen-bond acceptors (Lipinski definition) is 3. The lowest BCUT2D eigenvalue weighted by atomic mass is 9.66. The molecule has 1 aromatic rings. The summed E-state index contributed by atoms with van der Waals surface area (Å²) in [5.74, 6) is 0.864. The molecule has 0 heterocycles. The topological polar surface area (TPSA) is 41.8 Å². The first kappa shape index (κ1) is 12.9. The molecule has 3 nitrogen and oxygen atoms in total. The summed E-state index contributed by atoms with van der Waals surface area (Å²) >= 11 is 0.